The van der Waals surface area contributed by atoms with Gasteiger partial charge < -0.3 is 5.73 Å². The van der Waals surface area contributed by atoms with Crippen LogP contribution in [0, 0.1) is 6.92 Å². The van der Waals surface area contributed by atoms with Gasteiger partial charge in [-0.1, -0.05) is 0 Å². The van der Waals surface area contributed by atoms with Crippen LogP contribution in [0.4, 0.5) is 5.82 Å². The van der Waals surface area contributed by atoms with Crippen LogP contribution in [0.15, 0.2) is 21.8 Å². The summed E-state index contributed by atoms with van der Waals surface area (Å²) >= 11 is 2.70. The Bertz CT molecular complexity index is 441. The van der Waals surface area contributed by atoms with Crippen molar-refractivity contribution < 1.29 is 0 Å². The zero-order valence-electron chi connectivity index (χ0n) is 7.34. The lowest BCUT2D eigenvalue weighted by Crippen LogP contribution is -1.92. The van der Waals surface area contributed by atoms with Crippen molar-refractivity contribution in [1.29, 1.82) is 0 Å². The SMILES string of the molecule is Cc1nsc(Sc2nccc(N)n2)n1. The third-order valence-corrected chi connectivity index (χ3v) is 3.06. The van der Waals surface area contributed by atoms with Crippen LogP contribution in [0.5, 0.6) is 0 Å². The van der Waals surface area contributed by atoms with Gasteiger partial charge in [0.2, 0.25) is 0 Å². The molecule has 2 N–H and O–H groups in total. The first-order valence-electron chi connectivity index (χ1n) is 3.81. The standard InChI is InChI=1S/C7H7N5S2/c1-4-10-7(14-12-4)13-6-9-3-2-5(8)11-6/h2-3H,1H3,(H2,8,9,11). The third kappa shape index (κ3) is 2.18. The highest BCUT2D eigenvalue weighted by molar-refractivity contribution is 8.00. The summed E-state index contributed by atoms with van der Waals surface area (Å²) in [6.07, 6.45) is 1.62. The molecule has 0 fully saturated rings. The number of nitrogens with two attached hydrogens (primary N) is 1. The van der Waals surface area contributed by atoms with Gasteiger partial charge in [0.05, 0.1) is 0 Å². The number of nitrogen functional groups attached to an aromatic ring is 1. The molecule has 0 aliphatic carbocycles. The Morgan fingerprint density at radius 1 is 1.43 bits per heavy atom. The number of anilines is 1. The van der Waals surface area contributed by atoms with Gasteiger partial charge in [0.15, 0.2) is 9.50 Å². The van der Waals surface area contributed by atoms with Crippen LogP contribution < -0.4 is 5.73 Å². The molecule has 0 amide bonds. The second-order valence-electron chi connectivity index (χ2n) is 2.47. The van der Waals surface area contributed by atoms with E-state index in [1.807, 2.05) is 6.92 Å². The Labute approximate surface area is 89.0 Å². The van der Waals surface area contributed by atoms with E-state index in [1.54, 1.807) is 12.3 Å². The molecule has 2 aromatic heterocycles. The van der Waals surface area contributed by atoms with Crippen LogP contribution in [-0.2, 0) is 0 Å². The highest BCUT2D eigenvalue weighted by atomic mass is 32.2. The van der Waals surface area contributed by atoms with E-state index in [0.717, 1.165) is 10.2 Å². The van der Waals surface area contributed by atoms with Crippen molar-refractivity contribution in [2.75, 3.05) is 5.73 Å². The summed E-state index contributed by atoms with van der Waals surface area (Å²) in [7, 11) is 0. The topological polar surface area (TPSA) is 77.6 Å². The molecule has 2 heterocycles. The van der Waals surface area contributed by atoms with E-state index in [1.165, 1.54) is 23.3 Å². The van der Waals surface area contributed by atoms with Gasteiger partial charge in [0.1, 0.15) is 11.6 Å². The first kappa shape index (κ1) is 9.35. The second kappa shape index (κ2) is 3.89. The molecular weight excluding hydrogens is 218 g/mol. The molecule has 0 radical (unpaired) electrons. The quantitative estimate of drug-likeness (QED) is 0.778. The van der Waals surface area contributed by atoms with E-state index in [9.17, 15) is 0 Å². The largest absolute Gasteiger partial charge is 0.384 e. The fourth-order valence-electron chi connectivity index (χ4n) is 0.801. The molecule has 2 rings (SSSR count). The first-order chi connectivity index (χ1) is 6.74. The average molecular weight is 225 g/mol. The molecular formula is C7H7N5S2. The Balaban J connectivity index is 2.18. The summed E-state index contributed by atoms with van der Waals surface area (Å²) in [6.45, 7) is 1.85. The smallest absolute Gasteiger partial charge is 0.196 e. The molecule has 14 heavy (non-hydrogen) atoms. The normalized spacial score (nSPS) is 10.4. The molecule has 7 heteroatoms. The zero-order valence-corrected chi connectivity index (χ0v) is 8.97. The van der Waals surface area contributed by atoms with E-state index in [2.05, 4.69) is 19.3 Å². The second-order valence-corrected chi connectivity index (χ2v) is 4.44. The number of hydrogen-bond acceptors (Lipinski definition) is 7. The van der Waals surface area contributed by atoms with Crippen molar-refractivity contribution in [2.45, 2.75) is 16.4 Å². The molecule has 2 aromatic rings. The van der Waals surface area contributed by atoms with E-state index >= 15 is 0 Å². The lowest BCUT2D eigenvalue weighted by molar-refractivity contribution is 0.972. The maximum Gasteiger partial charge on any atom is 0.196 e. The monoisotopic (exact) mass is 225 g/mol. The lowest BCUT2D eigenvalue weighted by Gasteiger charge is -1.95. The molecule has 5 nitrogen and oxygen atoms in total. The van der Waals surface area contributed by atoms with Gasteiger partial charge in [-0.25, -0.2) is 15.0 Å². The van der Waals surface area contributed by atoms with Crippen LogP contribution in [-0.4, -0.2) is 19.3 Å². The third-order valence-electron chi connectivity index (χ3n) is 1.34. The summed E-state index contributed by atoms with van der Waals surface area (Å²) < 4.78 is 4.89. The lowest BCUT2D eigenvalue weighted by atomic mass is 10.6. The van der Waals surface area contributed by atoms with Crippen molar-refractivity contribution in [2.24, 2.45) is 0 Å². The summed E-state index contributed by atoms with van der Waals surface area (Å²) in [5, 5.41) is 0.598. The van der Waals surface area contributed by atoms with Crippen molar-refractivity contribution in [3.8, 4) is 0 Å². The maximum atomic E-state index is 5.52. The number of aryl methyl sites for hydroxylation is 1. The number of aromatic nitrogens is 4. The maximum absolute atomic E-state index is 5.52. The van der Waals surface area contributed by atoms with Crippen LogP contribution >= 0.6 is 23.3 Å². The van der Waals surface area contributed by atoms with E-state index in [4.69, 9.17) is 5.73 Å². The molecule has 0 saturated carbocycles. The minimum absolute atomic E-state index is 0.462. The molecule has 0 aliphatic heterocycles. The average Bonchev–Trinajstić information content (AvgIpc) is 2.51. The fourth-order valence-corrected chi connectivity index (χ4v) is 2.31. The number of rotatable bonds is 2. The number of nitrogens with zero attached hydrogens (tertiary/aromatic N) is 4. The minimum atomic E-state index is 0.462. The van der Waals surface area contributed by atoms with Gasteiger partial charge in [-0.15, -0.1) is 0 Å². The van der Waals surface area contributed by atoms with E-state index < -0.39 is 0 Å². The Hall–Kier alpha value is -1.21. The van der Waals surface area contributed by atoms with Crippen molar-refractivity contribution in [1.82, 2.24) is 19.3 Å². The Kier molecular flexibility index (Phi) is 2.60. The van der Waals surface area contributed by atoms with Crippen molar-refractivity contribution in [3.05, 3.63) is 18.1 Å². The van der Waals surface area contributed by atoms with Gasteiger partial charge in [-0.3, -0.25) is 0 Å². The Morgan fingerprint density at radius 2 is 2.29 bits per heavy atom. The van der Waals surface area contributed by atoms with Gasteiger partial charge in [0.25, 0.3) is 0 Å². The molecule has 0 aromatic carbocycles. The molecule has 72 valence electrons. The summed E-state index contributed by atoms with van der Waals surface area (Å²) in [6, 6.07) is 1.65. The van der Waals surface area contributed by atoms with Crippen LogP contribution in [0.25, 0.3) is 0 Å². The summed E-state index contributed by atoms with van der Waals surface area (Å²) in [5.41, 5.74) is 5.52. The van der Waals surface area contributed by atoms with Crippen molar-refractivity contribution >= 4 is 29.1 Å². The molecule has 0 bridgehead atoms. The Morgan fingerprint density at radius 3 is 2.93 bits per heavy atom. The summed E-state index contributed by atoms with van der Waals surface area (Å²) in [5.74, 6) is 1.23. The van der Waals surface area contributed by atoms with Gasteiger partial charge in [-0.2, -0.15) is 4.37 Å². The predicted molar refractivity (Wildman–Crippen MR) is 55.2 cm³/mol. The van der Waals surface area contributed by atoms with Gasteiger partial charge >= 0.3 is 0 Å². The molecule has 0 saturated heterocycles. The molecule has 0 unspecified atom stereocenters. The van der Waals surface area contributed by atoms with Crippen LogP contribution in [0.2, 0.25) is 0 Å². The van der Waals surface area contributed by atoms with E-state index in [0.29, 0.717) is 11.0 Å². The van der Waals surface area contributed by atoms with E-state index in [-0.39, 0.29) is 0 Å². The first-order valence-corrected chi connectivity index (χ1v) is 5.40. The molecule has 0 atom stereocenters. The van der Waals surface area contributed by atoms with Gasteiger partial charge in [0, 0.05) is 6.20 Å². The number of hydrogen-bond donors (Lipinski definition) is 1. The van der Waals surface area contributed by atoms with Crippen LogP contribution in [0.3, 0.4) is 0 Å². The fraction of sp³-hybridized carbons (Fsp3) is 0.143. The molecule has 0 aliphatic rings. The highest BCUT2D eigenvalue weighted by Gasteiger charge is 2.05. The predicted octanol–water partition coefficient (Wildman–Crippen LogP) is 1.37. The highest BCUT2D eigenvalue weighted by Crippen LogP contribution is 2.25. The zero-order chi connectivity index (χ0) is 9.97. The molecule has 0 spiro atoms. The van der Waals surface area contributed by atoms with Crippen molar-refractivity contribution in [3.63, 3.8) is 0 Å². The minimum Gasteiger partial charge on any atom is -0.384 e. The van der Waals surface area contributed by atoms with Crippen LogP contribution in [0.1, 0.15) is 5.82 Å². The summed E-state index contributed by atoms with van der Waals surface area (Å²) in [4.78, 5) is 12.3. The van der Waals surface area contributed by atoms with Gasteiger partial charge in [-0.05, 0) is 36.3 Å².